The molecule has 3 amide bonds. The first-order valence-corrected chi connectivity index (χ1v) is 15.3. The van der Waals surface area contributed by atoms with Gasteiger partial charge in [-0.1, -0.05) is 56.7 Å². The lowest BCUT2D eigenvalue weighted by Crippen LogP contribution is -2.39. The number of aromatic nitrogens is 3. The molecule has 2 aromatic heterocycles. The van der Waals surface area contributed by atoms with E-state index in [4.69, 9.17) is 14.6 Å². The van der Waals surface area contributed by atoms with Crippen LogP contribution in [0.2, 0.25) is 0 Å². The van der Waals surface area contributed by atoms with Crippen molar-refractivity contribution in [2.24, 2.45) is 5.92 Å². The van der Waals surface area contributed by atoms with Gasteiger partial charge in [0.15, 0.2) is 0 Å². The second kappa shape index (κ2) is 13.4. The Morgan fingerprint density at radius 2 is 1.64 bits per heavy atom. The quantitative estimate of drug-likeness (QED) is 0.232. The fraction of sp³-hybridized carbons (Fsp3) is 0.371. The molecule has 5 rings (SSSR count). The molecule has 236 valence electrons. The van der Waals surface area contributed by atoms with Gasteiger partial charge >= 0.3 is 6.03 Å². The average molecular weight is 611 g/mol. The van der Waals surface area contributed by atoms with Crippen LogP contribution < -0.4 is 20.1 Å². The molecule has 1 aliphatic rings. The Hall–Kier alpha value is -4.86. The Balaban J connectivity index is 1.24. The van der Waals surface area contributed by atoms with Crippen LogP contribution in [0.4, 0.5) is 16.3 Å². The van der Waals surface area contributed by atoms with E-state index in [1.807, 2.05) is 60.4 Å². The highest BCUT2D eigenvalue weighted by atomic mass is 16.5. The van der Waals surface area contributed by atoms with Gasteiger partial charge in [-0.25, -0.2) is 9.48 Å². The summed E-state index contributed by atoms with van der Waals surface area (Å²) in [7, 11) is 3.02. The second-order valence-corrected chi connectivity index (χ2v) is 12.5. The van der Waals surface area contributed by atoms with Crippen molar-refractivity contribution in [3.8, 4) is 17.4 Å². The number of carbonyl (C=O) groups is 2. The molecule has 2 N–H and O–H groups in total. The molecular formula is C35H42N6O4. The van der Waals surface area contributed by atoms with Gasteiger partial charge in [0.05, 0.1) is 25.6 Å². The zero-order valence-electron chi connectivity index (χ0n) is 26.9. The highest BCUT2D eigenvalue weighted by Gasteiger charge is 2.27. The lowest BCUT2D eigenvalue weighted by Gasteiger charge is -2.32. The minimum Gasteiger partial charge on any atom is -0.481 e. The third kappa shape index (κ3) is 7.45. The number of benzene rings is 2. The van der Waals surface area contributed by atoms with E-state index in [0.29, 0.717) is 36.3 Å². The van der Waals surface area contributed by atoms with Crippen molar-refractivity contribution in [3.63, 3.8) is 0 Å². The fourth-order valence-corrected chi connectivity index (χ4v) is 5.49. The molecule has 4 aromatic rings. The molecule has 0 radical (unpaired) electrons. The number of piperidine rings is 1. The van der Waals surface area contributed by atoms with E-state index in [1.54, 1.807) is 16.8 Å². The summed E-state index contributed by atoms with van der Waals surface area (Å²) < 4.78 is 12.3. The molecule has 1 fully saturated rings. The Morgan fingerprint density at radius 1 is 0.933 bits per heavy atom. The molecule has 1 saturated heterocycles. The maximum absolute atomic E-state index is 13.3. The molecule has 45 heavy (non-hydrogen) atoms. The van der Waals surface area contributed by atoms with Crippen LogP contribution in [0.25, 0.3) is 5.69 Å². The van der Waals surface area contributed by atoms with E-state index < -0.39 is 0 Å². The summed E-state index contributed by atoms with van der Waals surface area (Å²) in [6, 6.07) is 20.9. The average Bonchev–Trinajstić information content (AvgIpc) is 3.46. The Bertz CT molecular complexity index is 1650. The summed E-state index contributed by atoms with van der Waals surface area (Å²) >= 11 is 0. The van der Waals surface area contributed by atoms with Gasteiger partial charge in [-0.2, -0.15) is 10.1 Å². The summed E-state index contributed by atoms with van der Waals surface area (Å²) in [4.78, 5) is 32.7. The van der Waals surface area contributed by atoms with Crippen LogP contribution >= 0.6 is 0 Å². The van der Waals surface area contributed by atoms with Gasteiger partial charge in [0.1, 0.15) is 11.4 Å². The number of likely N-dealkylation sites (tertiary alicyclic amines) is 1. The molecule has 10 nitrogen and oxygen atoms in total. The molecule has 0 aliphatic carbocycles. The van der Waals surface area contributed by atoms with Crippen LogP contribution in [-0.2, 0) is 11.8 Å². The molecule has 3 heterocycles. The second-order valence-electron chi connectivity index (χ2n) is 12.5. The molecular weight excluding hydrogens is 568 g/mol. The van der Waals surface area contributed by atoms with Crippen molar-refractivity contribution >= 4 is 23.4 Å². The maximum Gasteiger partial charge on any atom is 0.324 e. The predicted octanol–water partition coefficient (Wildman–Crippen LogP) is 6.63. The number of aryl methyl sites for hydroxylation is 1. The highest BCUT2D eigenvalue weighted by molar-refractivity contribution is 6.00. The number of hydrogen-bond donors (Lipinski definition) is 2. The van der Waals surface area contributed by atoms with Gasteiger partial charge < -0.3 is 19.7 Å². The summed E-state index contributed by atoms with van der Waals surface area (Å²) in [6.07, 6.45) is 2.49. The Kier molecular flexibility index (Phi) is 9.41. The first kappa shape index (κ1) is 31.6. The Morgan fingerprint density at radius 3 is 2.31 bits per heavy atom. The van der Waals surface area contributed by atoms with Crippen LogP contribution in [0.15, 0.2) is 66.7 Å². The number of ether oxygens (including phenoxy) is 2. The van der Waals surface area contributed by atoms with E-state index in [2.05, 4.69) is 42.5 Å². The standard InChI is InChI=1S/C35H42N6O4/c1-23-11-13-26(14-12-23)41-30(22-29(39-41)35(2,3)4)37-34(43)36-28-10-8-7-9-25(28)21-24-17-19-40(20-18-24)33(42)27-15-16-31(44-5)38-32(27)45-6/h7-16,22,24H,17-21H2,1-6H3,(H2,36,37,43). The predicted molar refractivity (Wildman–Crippen MR) is 176 cm³/mol. The molecule has 0 saturated carbocycles. The number of para-hydroxylation sites is 1. The number of nitrogens with one attached hydrogen (secondary N) is 2. The number of methoxy groups -OCH3 is 2. The van der Waals surface area contributed by atoms with Crippen LogP contribution in [0, 0.1) is 12.8 Å². The number of carbonyl (C=O) groups excluding carboxylic acids is 2. The van der Waals surface area contributed by atoms with Gasteiger partial charge in [-0.15, -0.1) is 0 Å². The lowest BCUT2D eigenvalue weighted by atomic mass is 9.89. The van der Waals surface area contributed by atoms with Gasteiger partial charge in [-0.05, 0) is 61.9 Å². The summed E-state index contributed by atoms with van der Waals surface area (Å²) in [5.74, 6) is 1.53. The molecule has 0 atom stereocenters. The van der Waals surface area contributed by atoms with Crippen molar-refractivity contribution in [1.29, 1.82) is 0 Å². The minimum atomic E-state index is -0.335. The number of rotatable bonds is 8. The van der Waals surface area contributed by atoms with Gasteiger partial charge in [0, 0.05) is 36.3 Å². The van der Waals surface area contributed by atoms with Gasteiger partial charge in [0.2, 0.25) is 11.8 Å². The third-order valence-corrected chi connectivity index (χ3v) is 8.14. The zero-order chi connectivity index (χ0) is 32.1. The first-order valence-electron chi connectivity index (χ1n) is 15.3. The molecule has 0 bridgehead atoms. The van der Waals surface area contributed by atoms with Crippen molar-refractivity contribution < 1.29 is 19.1 Å². The van der Waals surface area contributed by atoms with Crippen LogP contribution in [-0.4, -0.2) is 58.9 Å². The van der Waals surface area contributed by atoms with Gasteiger partial charge in [0.25, 0.3) is 5.91 Å². The third-order valence-electron chi connectivity index (χ3n) is 8.14. The zero-order valence-corrected chi connectivity index (χ0v) is 26.9. The van der Waals surface area contributed by atoms with E-state index in [1.165, 1.54) is 14.2 Å². The molecule has 0 spiro atoms. The summed E-state index contributed by atoms with van der Waals surface area (Å²) in [6.45, 7) is 9.60. The van der Waals surface area contributed by atoms with Crippen LogP contribution in [0.3, 0.4) is 0 Å². The molecule has 10 heteroatoms. The SMILES string of the molecule is COc1ccc(C(=O)N2CCC(Cc3ccccc3NC(=O)Nc3cc(C(C)(C)C)nn3-c3ccc(C)cc3)CC2)c(OC)n1. The number of hydrogen-bond acceptors (Lipinski definition) is 6. The lowest BCUT2D eigenvalue weighted by molar-refractivity contribution is 0.0686. The monoisotopic (exact) mass is 610 g/mol. The Labute approximate surface area is 264 Å². The summed E-state index contributed by atoms with van der Waals surface area (Å²) in [5, 5.41) is 10.9. The molecule has 0 unspecified atom stereocenters. The van der Waals surface area contributed by atoms with E-state index in [-0.39, 0.29) is 23.2 Å². The smallest absolute Gasteiger partial charge is 0.324 e. The number of urea groups is 1. The molecule has 2 aromatic carbocycles. The minimum absolute atomic E-state index is 0.0984. The van der Waals surface area contributed by atoms with E-state index >= 15 is 0 Å². The number of pyridine rings is 1. The van der Waals surface area contributed by atoms with Crippen LogP contribution in [0.5, 0.6) is 11.8 Å². The van der Waals surface area contributed by atoms with E-state index in [9.17, 15) is 9.59 Å². The number of anilines is 2. The van der Waals surface area contributed by atoms with E-state index in [0.717, 1.165) is 47.5 Å². The number of amides is 3. The van der Waals surface area contributed by atoms with Crippen LogP contribution in [0.1, 0.15) is 60.8 Å². The van der Waals surface area contributed by atoms with Crippen molar-refractivity contribution in [2.45, 2.75) is 52.4 Å². The topological polar surface area (TPSA) is 111 Å². The van der Waals surface area contributed by atoms with Crippen molar-refractivity contribution in [3.05, 3.63) is 89.1 Å². The highest BCUT2D eigenvalue weighted by Crippen LogP contribution is 2.30. The van der Waals surface area contributed by atoms with Crippen molar-refractivity contribution in [2.75, 3.05) is 37.9 Å². The normalized spacial score (nSPS) is 13.8. The van der Waals surface area contributed by atoms with Crippen molar-refractivity contribution in [1.82, 2.24) is 19.7 Å². The number of nitrogens with zero attached hydrogens (tertiary/aromatic N) is 4. The maximum atomic E-state index is 13.3. The molecule has 1 aliphatic heterocycles. The fourth-order valence-electron chi connectivity index (χ4n) is 5.49. The largest absolute Gasteiger partial charge is 0.481 e. The summed E-state index contributed by atoms with van der Waals surface area (Å²) in [5.41, 5.74) is 4.96. The van der Waals surface area contributed by atoms with Gasteiger partial charge in [-0.3, -0.25) is 10.1 Å². The first-order chi connectivity index (χ1) is 21.5.